The van der Waals surface area contributed by atoms with Crippen molar-refractivity contribution in [2.45, 2.75) is 0 Å². The third-order valence-electron chi connectivity index (χ3n) is 1.93. The zero-order chi connectivity index (χ0) is 10.1. The van der Waals surface area contributed by atoms with E-state index < -0.39 is 4.92 Å². The normalized spacial score (nSPS) is 10.4. The molecule has 0 atom stereocenters. The largest absolute Gasteiger partial charge is 0.490 e. The highest BCUT2D eigenvalue weighted by molar-refractivity contribution is 5.87. The van der Waals surface area contributed by atoms with Gasteiger partial charge < -0.3 is 9.72 Å². The lowest BCUT2D eigenvalue weighted by molar-refractivity contribution is -0.384. The minimum Gasteiger partial charge on any atom is -0.490 e. The number of aromatic nitrogens is 2. The molecule has 6 nitrogen and oxygen atoms in total. The van der Waals surface area contributed by atoms with Gasteiger partial charge in [-0.3, -0.25) is 10.1 Å². The number of H-pyrrole nitrogens is 1. The van der Waals surface area contributed by atoms with E-state index in [0.717, 1.165) is 0 Å². The maximum absolute atomic E-state index is 10.8. The molecule has 1 N–H and O–H groups in total. The highest BCUT2D eigenvalue weighted by Gasteiger charge is 2.20. The number of imidazole rings is 1. The van der Waals surface area contributed by atoms with Gasteiger partial charge in [-0.05, 0) is 12.1 Å². The molecule has 0 bridgehead atoms. The van der Waals surface area contributed by atoms with E-state index in [-0.39, 0.29) is 11.4 Å². The van der Waals surface area contributed by atoms with Gasteiger partial charge >= 0.3 is 5.69 Å². The summed E-state index contributed by atoms with van der Waals surface area (Å²) < 4.78 is 4.89. The smallest absolute Gasteiger partial charge is 0.338 e. The summed E-state index contributed by atoms with van der Waals surface area (Å²) in [6, 6.07) is 3.23. The summed E-state index contributed by atoms with van der Waals surface area (Å²) >= 11 is 0. The Labute approximate surface area is 78.7 Å². The molecule has 0 aliphatic rings. The minimum atomic E-state index is -0.498. The van der Waals surface area contributed by atoms with Crippen LogP contribution >= 0.6 is 0 Å². The van der Waals surface area contributed by atoms with Gasteiger partial charge in [0.2, 0.25) is 0 Å². The lowest BCUT2D eigenvalue weighted by Gasteiger charge is -2.00. The highest BCUT2D eigenvalue weighted by atomic mass is 16.6. The second kappa shape index (κ2) is 2.99. The zero-order valence-corrected chi connectivity index (χ0v) is 7.35. The Balaban J connectivity index is 2.82. The van der Waals surface area contributed by atoms with Crippen LogP contribution in [0.2, 0.25) is 0 Å². The molecule has 2 rings (SSSR count). The van der Waals surface area contributed by atoms with Crippen molar-refractivity contribution in [1.29, 1.82) is 0 Å². The van der Waals surface area contributed by atoms with Gasteiger partial charge in [-0.1, -0.05) is 0 Å². The first-order chi connectivity index (χ1) is 6.74. The Kier molecular flexibility index (Phi) is 1.81. The molecule has 0 aliphatic carbocycles. The van der Waals surface area contributed by atoms with Crippen LogP contribution in [0.25, 0.3) is 11.0 Å². The molecule has 0 spiro atoms. The first-order valence-electron chi connectivity index (χ1n) is 3.88. The van der Waals surface area contributed by atoms with E-state index in [1.807, 2.05) is 0 Å². The number of aromatic amines is 1. The standard InChI is InChI=1S/C8H7N3O3/c1-14-6-3-2-5-7(10-4-9-5)8(6)11(12)13/h2-4H,1H3,(H,9,10). The van der Waals surface area contributed by atoms with Crippen LogP contribution in [-0.4, -0.2) is 22.0 Å². The summed E-state index contributed by atoms with van der Waals surface area (Å²) in [5.74, 6) is 0.217. The maximum Gasteiger partial charge on any atom is 0.338 e. The van der Waals surface area contributed by atoms with Gasteiger partial charge in [-0.15, -0.1) is 0 Å². The van der Waals surface area contributed by atoms with E-state index in [1.165, 1.54) is 13.4 Å². The predicted molar refractivity (Wildman–Crippen MR) is 49.3 cm³/mol. The molecule has 0 unspecified atom stereocenters. The van der Waals surface area contributed by atoms with E-state index in [4.69, 9.17) is 4.74 Å². The van der Waals surface area contributed by atoms with Crippen LogP contribution in [-0.2, 0) is 0 Å². The average molecular weight is 193 g/mol. The fraction of sp³-hybridized carbons (Fsp3) is 0.125. The predicted octanol–water partition coefficient (Wildman–Crippen LogP) is 1.48. The van der Waals surface area contributed by atoms with E-state index in [2.05, 4.69) is 9.97 Å². The second-order valence-corrected chi connectivity index (χ2v) is 2.67. The van der Waals surface area contributed by atoms with Gasteiger partial charge in [-0.25, -0.2) is 4.98 Å². The Hall–Kier alpha value is -2.11. The van der Waals surface area contributed by atoms with Crippen molar-refractivity contribution >= 4 is 16.7 Å². The fourth-order valence-electron chi connectivity index (χ4n) is 1.32. The second-order valence-electron chi connectivity index (χ2n) is 2.67. The molecule has 0 amide bonds. The number of nitrogens with zero attached hydrogens (tertiary/aromatic N) is 2. The summed E-state index contributed by atoms with van der Waals surface area (Å²) in [6.07, 6.45) is 1.41. The highest BCUT2D eigenvalue weighted by Crippen LogP contribution is 2.32. The molecule has 0 aliphatic heterocycles. The zero-order valence-electron chi connectivity index (χ0n) is 7.35. The number of nitro groups is 1. The van der Waals surface area contributed by atoms with Crippen molar-refractivity contribution < 1.29 is 9.66 Å². The summed E-state index contributed by atoms with van der Waals surface area (Å²) in [7, 11) is 1.39. The van der Waals surface area contributed by atoms with E-state index in [9.17, 15) is 10.1 Å². The van der Waals surface area contributed by atoms with Crippen molar-refractivity contribution in [3.05, 3.63) is 28.6 Å². The first kappa shape index (κ1) is 8.49. The molecule has 0 saturated carbocycles. The maximum atomic E-state index is 10.8. The van der Waals surface area contributed by atoms with Crippen LogP contribution in [0, 0.1) is 10.1 Å². The number of hydrogen-bond acceptors (Lipinski definition) is 4. The Morgan fingerprint density at radius 3 is 3.00 bits per heavy atom. The molecule has 0 radical (unpaired) electrons. The molecular weight excluding hydrogens is 186 g/mol. The van der Waals surface area contributed by atoms with Crippen molar-refractivity contribution in [3.63, 3.8) is 0 Å². The monoisotopic (exact) mass is 193 g/mol. The number of fused-ring (bicyclic) bond motifs is 1. The fourth-order valence-corrected chi connectivity index (χ4v) is 1.32. The summed E-state index contributed by atoms with van der Waals surface area (Å²) in [5, 5.41) is 10.8. The summed E-state index contributed by atoms with van der Waals surface area (Å²) in [5.41, 5.74) is 0.832. The van der Waals surface area contributed by atoms with Gasteiger partial charge in [-0.2, -0.15) is 0 Å². The number of rotatable bonds is 2. The molecule has 0 fully saturated rings. The average Bonchev–Trinajstić information content (AvgIpc) is 2.62. The molecular formula is C8H7N3O3. The van der Waals surface area contributed by atoms with Gasteiger partial charge in [0.1, 0.15) is 0 Å². The van der Waals surface area contributed by atoms with Crippen molar-refractivity contribution in [1.82, 2.24) is 9.97 Å². The molecule has 1 heterocycles. The number of methoxy groups -OCH3 is 1. The van der Waals surface area contributed by atoms with Crippen LogP contribution in [0.4, 0.5) is 5.69 Å². The lowest BCUT2D eigenvalue weighted by Crippen LogP contribution is -1.94. The third kappa shape index (κ3) is 1.08. The molecule has 6 heteroatoms. The molecule has 14 heavy (non-hydrogen) atoms. The summed E-state index contributed by atoms with van der Waals surface area (Å²) in [4.78, 5) is 16.9. The number of nitro benzene ring substituents is 1. The third-order valence-corrected chi connectivity index (χ3v) is 1.93. The Bertz CT molecular complexity index is 492. The van der Waals surface area contributed by atoms with E-state index >= 15 is 0 Å². The van der Waals surface area contributed by atoms with Gasteiger partial charge in [0, 0.05) is 0 Å². The number of nitrogens with one attached hydrogen (secondary N) is 1. The number of hydrogen-bond donors (Lipinski definition) is 1. The number of benzene rings is 1. The molecule has 1 aromatic carbocycles. The Morgan fingerprint density at radius 1 is 1.57 bits per heavy atom. The van der Waals surface area contributed by atoms with Gasteiger partial charge in [0.25, 0.3) is 0 Å². The van der Waals surface area contributed by atoms with E-state index in [0.29, 0.717) is 11.0 Å². The molecule has 1 aromatic heterocycles. The quantitative estimate of drug-likeness (QED) is 0.578. The van der Waals surface area contributed by atoms with Gasteiger partial charge in [0.05, 0.1) is 23.9 Å². The van der Waals surface area contributed by atoms with Crippen LogP contribution < -0.4 is 4.74 Å². The first-order valence-corrected chi connectivity index (χ1v) is 3.88. The van der Waals surface area contributed by atoms with E-state index in [1.54, 1.807) is 12.1 Å². The molecule has 0 saturated heterocycles. The van der Waals surface area contributed by atoms with Crippen LogP contribution in [0.3, 0.4) is 0 Å². The van der Waals surface area contributed by atoms with Crippen molar-refractivity contribution in [2.75, 3.05) is 7.11 Å². The van der Waals surface area contributed by atoms with Crippen molar-refractivity contribution in [3.8, 4) is 5.75 Å². The SMILES string of the molecule is COc1ccc2[nH]cnc2c1[N+](=O)[O-]. The number of ether oxygens (including phenoxy) is 1. The molecule has 72 valence electrons. The summed E-state index contributed by atoms with van der Waals surface area (Å²) in [6.45, 7) is 0. The van der Waals surface area contributed by atoms with Crippen LogP contribution in [0.1, 0.15) is 0 Å². The lowest BCUT2D eigenvalue weighted by atomic mass is 10.2. The van der Waals surface area contributed by atoms with Gasteiger partial charge in [0.15, 0.2) is 11.3 Å². The van der Waals surface area contributed by atoms with Crippen molar-refractivity contribution in [2.24, 2.45) is 0 Å². The van der Waals surface area contributed by atoms with Crippen LogP contribution in [0.15, 0.2) is 18.5 Å². The van der Waals surface area contributed by atoms with Crippen LogP contribution in [0.5, 0.6) is 5.75 Å². The minimum absolute atomic E-state index is 0.105. The molecule has 2 aromatic rings. The Morgan fingerprint density at radius 2 is 2.36 bits per heavy atom. The topological polar surface area (TPSA) is 81.0 Å².